The van der Waals surface area contributed by atoms with Crippen molar-refractivity contribution in [2.45, 2.75) is 13.8 Å². The van der Waals surface area contributed by atoms with Crippen LogP contribution in [0.25, 0.3) is 5.70 Å². The molecular formula is C17H18ClN3S. The third-order valence-corrected chi connectivity index (χ3v) is 3.81. The first-order valence-electron chi connectivity index (χ1n) is 6.91. The number of hydrazine groups is 1. The monoisotopic (exact) mass is 331 g/mol. The first-order chi connectivity index (χ1) is 10.6. The van der Waals surface area contributed by atoms with Crippen molar-refractivity contribution in [1.29, 1.82) is 0 Å². The fourth-order valence-corrected chi connectivity index (χ4v) is 2.28. The maximum absolute atomic E-state index is 6.10. The first kappa shape index (κ1) is 16.3. The van der Waals surface area contributed by atoms with Crippen molar-refractivity contribution in [3.05, 3.63) is 70.8 Å². The van der Waals surface area contributed by atoms with Crippen molar-refractivity contribution < 1.29 is 0 Å². The van der Waals surface area contributed by atoms with Crippen LogP contribution in [0.2, 0.25) is 5.02 Å². The lowest BCUT2D eigenvalue weighted by Gasteiger charge is -2.16. The van der Waals surface area contributed by atoms with E-state index in [9.17, 15) is 0 Å². The van der Waals surface area contributed by atoms with Crippen molar-refractivity contribution in [1.82, 2.24) is 10.9 Å². The van der Waals surface area contributed by atoms with Gasteiger partial charge in [0.05, 0.1) is 5.70 Å². The van der Waals surface area contributed by atoms with E-state index in [0.717, 1.165) is 22.5 Å². The Morgan fingerprint density at radius 3 is 2.45 bits per heavy atom. The smallest absolute Gasteiger partial charge is 0.189 e. The number of benzene rings is 2. The highest BCUT2D eigenvalue weighted by Crippen LogP contribution is 2.22. The number of thiocarbonyl (C=S) groups is 1. The van der Waals surface area contributed by atoms with Crippen molar-refractivity contribution in [2.24, 2.45) is 0 Å². The minimum atomic E-state index is 0.473. The third kappa shape index (κ3) is 4.23. The molecule has 5 heteroatoms. The Labute approximate surface area is 141 Å². The summed E-state index contributed by atoms with van der Waals surface area (Å²) in [6.45, 7) is 3.91. The van der Waals surface area contributed by atoms with E-state index in [0.29, 0.717) is 10.1 Å². The van der Waals surface area contributed by atoms with Crippen molar-refractivity contribution in [2.75, 3.05) is 5.32 Å². The SMILES string of the molecule is C/C=C(\NNC(=S)Nc1cccc(Cl)c1C)c1ccccc1. The Morgan fingerprint density at radius 1 is 1.05 bits per heavy atom. The fraction of sp³-hybridized carbons (Fsp3) is 0.118. The summed E-state index contributed by atoms with van der Waals surface area (Å²) in [5, 5.41) is 4.31. The summed E-state index contributed by atoms with van der Waals surface area (Å²) in [6.07, 6.45) is 1.98. The van der Waals surface area contributed by atoms with E-state index in [4.69, 9.17) is 23.8 Å². The Kier molecular flexibility index (Phi) is 5.81. The Hall–Kier alpha value is -2.04. The molecular weight excluding hydrogens is 314 g/mol. The van der Waals surface area contributed by atoms with Crippen LogP contribution in [0.3, 0.4) is 0 Å². The molecule has 2 aromatic carbocycles. The van der Waals surface area contributed by atoms with Gasteiger partial charge >= 0.3 is 0 Å². The highest BCUT2D eigenvalue weighted by molar-refractivity contribution is 7.80. The van der Waals surface area contributed by atoms with Crippen LogP contribution in [0, 0.1) is 6.92 Å². The average molecular weight is 332 g/mol. The lowest BCUT2D eigenvalue weighted by molar-refractivity contribution is 0.847. The van der Waals surface area contributed by atoms with Gasteiger partial charge < -0.3 is 5.32 Å². The van der Waals surface area contributed by atoms with E-state index in [-0.39, 0.29) is 0 Å². The molecule has 0 fully saturated rings. The number of rotatable bonds is 4. The molecule has 22 heavy (non-hydrogen) atoms. The molecule has 2 rings (SSSR count). The van der Waals surface area contributed by atoms with E-state index < -0.39 is 0 Å². The van der Waals surface area contributed by atoms with Gasteiger partial charge in [-0.25, -0.2) is 0 Å². The van der Waals surface area contributed by atoms with Crippen LogP contribution in [-0.4, -0.2) is 5.11 Å². The molecule has 0 bridgehead atoms. The topological polar surface area (TPSA) is 36.1 Å². The van der Waals surface area contributed by atoms with Gasteiger partial charge in [0.1, 0.15) is 0 Å². The molecule has 0 saturated heterocycles. The molecule has 0 heterocycles. The molecule has 114 valence electrons. The second-order valence-corrected chi connectivity index (χ2v) is 5.50. The summed E-state index contributed by atoms with van der Waals surface area (Å²) < 4.78 is 0. The molecule has 0 aromatic heterocycles. The van der Waals surface area contributed by atoms with Gasteiger partial charge in [0.2, 0.25) is 0 Å². The number of allylic oxidation sites excluding steroid dienone is 1. The number of nitrogens with one attached hydrogen (secondary N) is 3. The molecule has 2 aromatic rings. The minimum absolute atomic E-state index is 0.473. The molecule has 3 nitrogen and oxygen atoms in total. The minimum Gasteiger partial charge on any atom is -0.331 e. The van der Waals surface area contributed by atoms with Gasteiger partial charge in [0.25, 0.3) is 0 Å². The zero-order valence-electron chi connectivity index (χ0n) is 12.5. The molecule has 0 aliphatic rings. The summed E-state index contributed by atoms with van der Waals surface area (Å²) in [4.78, 5) is 0. The van der Waals surface area contributed by atoms with E-state index in [1.165, 1.54) is 0 Å². The maximum atomic E-state index is 6.10. The van der Waals surface area contributed by atoms with Gasteiger partial charge in [-0.15, -0.1) is 0 Å². The van der Waals surface area contributed by atoms with Crippen molar-refractivity contribution >= 4 is 40.3 Å². The van der Waals surface area contributed by atoms with Crippen LogP contribution in [-0.2, 0) is 0 Å². The van der Waals surface area contributed by atoms with Gasteiger partial charge in [-0.1, -0.05) is 54.1 Å². The highest BCUT2D eigenvalue weighted by Gasteiger charge is 2.04. The number of hydrogen-bond acceptors (Lipinski definition) is 2. The van der Waals surface area contributed by atoms with Crippen LogP contribution in [0.5, 0.6) is 0 Å². The molecule has 0 spiro atoms. The van der Waals surface area contributed by atoms with Crippen LogP contribution < -0.4 is 16.2 Å². The predicted octanol–water partition coefficient (Wildman–Crippen LogP) is 4.50. The van der Waals surface area contributed by atoms with Gasteiger partial charge in [-0.05, 0) is 49.3 Å². The van der Waals surface area contributed by atoms with Crippen LogP contribution >= 0.6 is 23.8 Å². The molecule has 0 radical (unpaired) electrons. The fourth-order valence-electron chi connectivity index (χ4n) is 1.95. The Morgan fingerprint density at radius 2 is 1.77 bits per heavy atom. The second kappa shape index (κ2) is 7.82. The predicted molar refractivity (Wildman–Crippen MR) is 98.8 cm³/mol. The van der Waals surface area contributed by atoms with Gasteiger partial charge in [-0.3, -0.25) is 10.9 Å². The lowest BCUT2D eigenvalue weighted by Crippen LogP contribution is -2.39. The quantitative estimate of drug-likeness (QED) is 0.569. The molecule has 0 unspecified atom stereocenters. The van der Waals surface area contributed by atoms with Crippen LogP contribution in [0.1, 0.15) is 18.1 Å². The molecule has 0 saturated carbocycles. The average Bonchev–Trinajstić information content (AvgIpc) is 2.53. The second-order valence-electron chi connectivity index (χ2n) is 4.68. The summed E-state index contributed by atoms with van der Waals surface area (Å²) in [5.41, 5.74) is 9.98. The van der Waals surface area contributed by atoms with Crippen LogP contribution in [0.15, 0.2) is 54.6 Å². The van der Waals surface area contributed by atoms with Gasteiger partial charge in [0, 0.05) is 10.7 Å². The van der Waals surface area contributed by atoms with Crippen LogP contribution in [0.4, 0.5) is 5.69 Å². The summed E-state index contributed by atoms with van der Waals surface area (Å²) in [7, 11) is 0. The van der Waals surface area contributed by atoms with Gasteiger partial charge in [-0.2, -0.15) is 0 Å². The van der Waals surface area contributed by atoms with Crippen molar-refractivity contribution in [3.8, 4) is 0 Å². The Bertz CT molecular complexity index is 684. The summed E-state index contributed by atoms with van der Waals surface area (Å²) in [5.74, 6) is 0. The third-order valence-electron chi connectivity index (χ3n) is 3.20. The molecule has 3 N–H and O–H groups in total. The lowest BCUT2D eigenvalue weighted by atomic mass is 10.1. The zero-order chi connectivity index (χ0) is 15.9. The van der Waals surface area contributed by atoms with E-state index in [1.54, 1.807) is 0 Å². The number of anilines is 1. The Balaban J connectivity index is 1.97. The van der Waals surface area contributed by atoms with E-state index in [2.05, 4.69) is 16.2 Å². The van der Waals surface area contributed by atoms with E-state index >= 15 is 0 Å². The maximum Gasteiger partial charge on any atom is 0.189 e. The molecule has 0 aliphatic heterocycles. The largest absolute Gasteiger partial charge is 0.331 e. The normalized spacial score (nSPS) is 11.0. The molecule has 0 atom stereocenters. The van der Waals surface area contributed by atoms with E-state index in [1.807, 2.05) is 68.5 Å². The van der Waals surface area contributed by atoms with Gasteiger partial charge in [0.15, 0.2) is 5.11 Å². The molecule has 0 aliphatic carbocycles. The molecule has 0 amide bonds. The van der Waals surface area contributed by atoms with Crippen molar-refractivity contribution in [3.63, 3.8) is 0 Å². The standard InChI is InChI=1S/C17H18ClN3S/c1-3-15(13-8-5-4-6-9-13)20-21-17(22)19-16-11-7-10-14(18)12(16)2/h3-11,20H,1-2H3,(H2,19,21,22)/b15-3-. The summed E-state index contributed by atoms with van der Waals surface area (Å²) >= 11 is 11.4. The highest BCUT2D eigenvalue weighted by atomic mass is 35.5. The number of halogens is 1. The summed E-state index contributed by atoms with van der Waals surface area (Å²) in [6, 6.07) is 15.7. The first-order valence-corrected chi connectivity index (χ1v) is 7.70. The number of hydrogen-bond donors (Lipinski definition) is 3. The zero-order valence-corrected chi connectivity index (χ0v) is 14.1.